The molecule has 0 radical (unpaired) electrons. The molecule has 1 saturated heterocycles. The summed E-state index contributed by atoms with van der Waals surface area (Å²) < 4.78 is 0. The number of carbonyl (C=O) groups excluding carboxylic acids is 1. The highest BCUT2D eigenvalue weighted by atomic mass is 16.3. The summed E-state index contributed by atoms with van der Waals surface area (Å²) in [7, 11) is 0. The van der Waals surface area contributed by atoms with Crippen LogP contribution in [-0.2, 0) is 5.60 Å². The molecule has 4 rings (SSSR count). The fourth-order valence-corrected chi connectivity index (χ4v) is 4.77. The molecule has 130 valence electrons. The monoisotopic (exact) mass is 335 g/mol. The molecule has 1 saturated carbocycles. The van der Waals surface area contributed by atoms with Gasteiger partial charge in [-0.25, -0.2) is 0 Å². The topological polar surface area (TPSA) is 40.5 Å². The van der Waals surface area contributed by atoms with Crippen molar-refractivity contribution in [3.63, 3.8) is 0 Å². The van der Waals surface area contributed by atoms with Crippen LogP contribution in [0.3, 0.4) is 0 Å². The van der Waals surface area contributed by atoms with Crippen molar-refractivity contribution >= 4 is 5.91 Å². The molecule has 25 heavy (non-hydrogen) atoms. The summed E-state index contributed by atoms with van der Waals surface area (Å²) in [5, 5.41) is 11.6. The van der Waals surface area contributed by atoms with Crippen molar-refractivity contribution in [2.75, 3.05) is 6.54 Å². The second kappa shape index (κ2) is 6.64. The number of fused-ring (bicyclic) bond motifs is 1. The van der Waals surface area contributed by atoms with Gasteiger partial charge in [0.2, 0.25) is 0 Å². The standard InChI is InChI=1S/C22H25NO2/c24-21(17-9-3-1-4-10-17)23-16-15-22(25,18-11-5-2-6-12-18)19-13-7-8-14-20(19)23/h1-6,9-12,19-20,25H,7-8,13-16H2/t19-,20-,22+/m1/s1. The maximum Gasteiger partial charge on any atom is 0.254 e. The summed E-state index contributed by atoms with van der Waals surface area (Å²) in [6.45, 7) is 0.611. The Bertz CT molecular complexity index is 730. The summed E-state index contributed by atoms with van der Waals surface area (Å²) in [6, 6.07) is 19.7. The number of likely N-dealkylation sites (tertiary alicyclic amines) is 1. The zero-order chi connectivity index (χ0) is 17.3. The Hall–Kier alpha value is -2.13. The van der Waals surface area contributed by atoms with Gasteiger partial charge in [-0.05, 0) is 37.0 Å². The van der Waals surface area contributed by atoms with E-state index in [1.807, 2.05) is 65.6 Å². The van der Waals surface area contributed by atoms with E-state index in [4.69, 9.17) is 0 Å². The Morgan fingerprint density at radius 2 is 1.60 bits per heavy atom. The normalized spacial score (nSPS) is 29.1. The number of amides is 1. The average Bonchev–Trinajstić information content (AvgIpc) is 2.69. The molecule has 0 spiro atoms. The molecule has 0 aromatic heterocycles. The largest absolute Gasteiger partial charge is 0.385 e. The predicted molar refractivity (Wildman–Crippen MR) is 98.2 cm³/mol. The smallest absolute Gasteiger partial charge is 0.254 e. The van der Waals surface area contributed by atoms with Gasteiger partial charge in [0.1, 0.15) is 0 Å². The summed E-state index contributed by atoms with van der Waals surface area (Å²) in [4.78, 5) is 15.1. The Morgan fingerprint density at radius 3 is 2.32 bits per heavy atom. The van der Waals surface area contributed by atoms with Crippen molar-refractivity contribution in [1.82, 2.24) is 4.90 Å². The summed E-state index contributed by atoms with van der Waals surface area (Å²) in [5.41, 5.74) is 0.926. The molecule has 3 heteroatoms. The van der Waals surface area contributed by atoms with Gasteiger partial charge < -0.3 is 10.0 Å². The third-order valence-electron chi connectivity index (χ3n) is 6.03. The fraction of sp³-hybridized carbons (Fsp3) is 0.409. The second-order valence-electron chi connectivity index (χ2n) is 7.36. The zero-order valence-electron chi connectivity index (χ0n) is 14.5. The van der Waals surface area contributed by atoms with Gasteiger partial charge in [0, 0.05) is 24.1 Å². The molecule has 1 amide bonds. The van der Waals surface area contributed by atoms with Crippen molar-refractivity contribution in [2.24, 2.45) is 5.92 Å². The lowest BCUT2D eigenvalue weighted by Gasteiger charge is -2.52. The minimum Gasteiger partial charge on any atom is -0.385 e. The Morgan fingerprint density at radius 1 is 0.960 bits per heavy atom. The number of nitrogens with zero attached hydrogens (tertiary/aromatic N) is 1. The van der Waals surface area contributed by atoms with Crippen LogP contribution in [0, 0.1) is 5.92 Å². The highest BCUT2D eigenvalue weighted by molar-refractivity contribution is 5.94. The molecule has 2 aromatic carbocycles. The number of carbonyl (C=O) groups is 1. The van der Waals surface area contributed by atoms with E-state index in [2.05, 4.69) is 0 Å². The molecule has 2 aromatic rings. The molecule has 2 fully saturated rings. The van der Waals surface area contributed by atoms with Crippen molar-refractivity contribution in [1.29, 1.82) is 0 Å². The molecular weight excluding hydrogens is 310 g/mol. The summed E-state index contributed by atoms with van der Waals surface area (Å²) >= 11 is 0. The van der Waals surface area contributed by atoms with E-state index in [9.17, 15) is 9.90 Å². The van der Waals surface area contributed by atoms with E-state index in [1.165, 1.54) is 0 Å². The average molecular weight is 335 g/mol. The van der Waals surface area contributed by atoms with Crippen LogP contribution in [-0.4, -0.2) is 28.5 Å². The van der Waals surface area contributed by atoms with Gasteiger partial charge in [-0.2, -0.15) is 0 Å². The quantitative estimate of drug-likeness (QED) is 0.902. The van der Waals surface area contributed by atoms with Gasteiger partial charge in [0.05, 0.1) is 5.60 Å². The van der Waals surface area contributed by atoms with Crippen LogP contribution >= 0.6 is 0 Å². The van der Waals surface area contributed by atoms with E-state index in [0.717, 1.165) is 36.8 Å². The molecule has 1 heterocycles. The van der Waals surface area contributed by atoms with E-state index in [-0.39, 0.29) is 17.9 Å². The lowest BCUT2D eigenvalue weighted by Crippen LogP contribution is -2.58. The third-order valence-corrected chi connectivity index (χ3v) is 6.03. The maximum absolute atomic E-state index is 13.0. The van der Waals surface area contributed by atoms with Crippen LogP contribution in [0.4, 0.5) is 0 Å². The molecule has 0 bridgehead atoms. The highest BCUT2D eigenvalue weighted by Crippen LogP contribution is 2.47. The van der Waals surface area contributed by atoms with Crippen LogP contribution in [0.5, 0.6) is 0 Å². The second-order valence-corrected chi connectivity index (χ2v) is 7.36. The summed E-state index contributed by atoms with van der Waals surface area (Å²) in [6.07, 6.45) is 4.83. The van der Waals surface area contributed by atoms with Crippen molar-refractivity contribution in [3.05, 3.63) is 71.8 Å². The van der Waals surface area contributed by atoms with E-state index >= 15 is 0 Å². The highest BCUT2D eigenvalue weighted by Gasteiger charge is 2.50. The van der Waals surface area contributed by atoms with E-state index < -0.39 is 5.60 Å². The van der Waals surface area contributed by atoms with Gasteiger partial charge in [-0.1, -0.05) is 61.4 Å². The molecule has 2 aliphatic rings. The first-order valence-electron chi connectivity index (χ1n) is 9.34. The predicted octanol–water partition coefficient (Wildman–Crippen LogP) is 3.98. The van der Waals surface area contributed by atoms with Crippen LogP contribution < -0.4 is 0 Å². The van der Waals surface area contributed by atoms with E-state index in [1.54, 1.807) is 0 Å². The van der Waals surface area contributed by atoms with Crippen molar-refractivity contribution in [2.45, 2.75) is 43.7 Å². The van der Waals surface area contributed by atoms with Crippen molar-refractivity contribution < 1.29 is 9.90 Å². The first-order chi connectivity index (χ1) is 12.2. The zero-order valence-corrected chi connectivity index (χ0v) is 14.5. The number of piperidine rings is 1. The Kier molecular flexibility index (Phi) is 4.34. The lowest BCUT2D eigenvalue weighted by molar-refractivity contribution is -0.110. The van der Waals surface area contributed by atoms with Gasteiger partial charge in [-0.15, -0.1) is 0 Å². The molecule has 1 aliphatic heterocycles. The van der Waals surface area contributed by atoms with Gasteiger partial charge in [-0.3, -0.25) is 4.79 Å². The number of aliphatic hydroxyl groups is 1. The minimum absolute atomic E-state index is 0.104. The van der Waals surface area contributed by atoms with Crippen LogP contribution in [0.2, 0.25) is 0 Å². The van der Waals surface area contributed by atoms with Crippen LogP contribution in [0.1, 0.15) is 48.0 Å². The molecule has 3 atom stereocenters. The van der Waals surface area contributed by atoms with Gasteiger partial charge >= 0.3 is 0 Å². The summed E-state index contributed by atoms with van der Waals surface area (Å²) in [5.74, 6) is 0.220. The maximum atomic E-state index is 13.0. The van der Waals surface area contributed by atoms with E-state index in [0.29, 0.717) is 13.0 Å². The number of hydrogen-bond acceptors (Lipinski definition) is 2. The van der Waals surface area contributed by atoms with Gasteiger partial charge in [0.15, 0.2) is 0 Å². The SMILES string of the molecule is O=C(c1ccccc1)N1CC[C@](O)(c2ccccc2)[C@@H]2CCCC[C@H]21. The number of hydrogen-bond donors (Lipinski definition) is 1. The Balaban J connectivity index is 1.66. The van der Waals surface area contributed by atoms with Crippen LogP contribution in [0.25, 0.3) is 0 Å². The number of rotatable bonds is 2. The van der Waals surface area contributed by atoms with Crippen molar-refractivity contribution in [3.8, 4) is 0 Å². The molecular formula is C22H25NO2. The van der Waals surface area contributed by atoms with Gasteiger partial charge in [0.25, 0.3) is 5.91 Å². The first-order valence-corrected chi connectivity index (χ1v) is 9.34. The minimum atomic E-state index is -0.820. The number of benzene rings is 2. The fourth-order valence-electron chi connectivity index (χ4n) is 4.77. The molecule has 0 unspecified atom stereocenters. The first kappa shape index (κ1) is 16.3. The lowest BCUT2D eigenvalue weighted by atomic mass is 9.66. The van der Waals surface area contributed by atoms with Crippen LogP contribution in [0.15, 0.2) is 60.7 Å². The molecule has 1 aliphatic carbocycles. The molecule has 1 N–H and O–H groups in total. The third kappa shape index (κ3) is 2.87. The molecule has 3 nitrogen and oxygen atoms in total. The Labute approximate surface area is 149 Å².